The van der Waals surface area contributed by atoms with Crippen molar-refractivity contribution in [2.24, 2.45) is 0 Å². The van der Waals surface area contributed by atoms with E-state index in [0.717, 1.165) is 74.7 Å². The molecule has 0 atom stereocenters. The molecule has 1 aliphatic heterocycles. The van der Waals surface area contributed by atoms with E-state index in [2.05, 4.69) is 15.5 Å². The number of Topliss-reactive ketones (excluding diaryl/α,β-unsaturated/α-hetero) is 1. The number of aromatic hydroxyl groups is 1. The Morgan fingerprint density at radius 3 is 2.28 bits per heavy atom. The van der Waals surface area contributed by atoms with Crippen molar-refractivity contribution in [3.63, 3.8) is 0 Å². The molecule has 0 aliphatic carbocycles. The lowest BCUT2D eigenvalue weighted by Gasteiger charge is -2.31. The summed E-state index contributed by atoms with van der Waals surface area (Å²) in [6, 6.07) is 21.5. The highest BCUT2D eigenvalue weighted by atomic mass is 19.1. The van der Waals surface area contributed by atoms with Gasteiger partial charge in [-0.3, -0.25) is 10.1 Å². The Kier molecular flexibility index (Phi) is 13.0. The number of nitrogens with zero attached hydrogens (tertiary/aromatic N) is 1. The lowest BCUT2D eigenvalue weighted by atomic mass is 10.0. The van der Waals surface area contributed by atoms with Gasteiger partial charge in [0.1, 0.15) is 6.10 Å². The van der Waals surface area contributed by atoms with Crippen LogP contribution in [0.15, 0.2) is 72.8 Å². The average molecular weight is 590 g/mol. The number of unbranched alkanes of at least 4 members (excludes halogenated alkanes) is 6. The van der Waals surface area contributed by atoms with E-state index in [9.17, 15) is 19.1 Å². The number of nitrogens with one attached hydrogen (secondary N) is 2. The molecule has 1 fully saturated rings. The summed E-state index contributed by atoms with van der Waals surface area (Å²) in [5.41, 5.74) is 3.10. The highest BCUT2D eigenvalue weighted by molar-refractivity contribution is 5.98. The van der Waals surface area contributed by atoms with Gasteiger partial charge in [0.15, 0.2) is 17.3 Å². The van der Waals surface area contributed by atoms with Crippen molar-refractivity contribution in [1.29, 1.82) is 0 Å². The number of para-hydroxylation sites is 1. The van der Waals surface area contributed by atoms with Crippen molar-refractivity contribution >= 4 is 17.6 Å². The zero-order valence-corrected chi connectivity index (χ0v) is 24.9. The number of piperidine rings is 1. The van der Waals surface area contributed by atoms with Crippen LogP contribution < -0.4 is 10.6 Å². The van der Waals surface area contributed by atoms with Crippen LogP contribution in [-0.2, 0) is 4.74 Å². The average Bonchev–Trinajstić information content (AvgIpc) is 3.02. The number of hydrogen-bond donors (Lipinski definition) is 3. The fourth-order valence-electron chi connectivity index (χ4n) is 5.46. The molecule has 1 saturated heterocycles. The van der Waals surface area contributed by atoms with E-state index >= 15 is 0 Å². The zero-order valence-electron chi connectivity index (χ0n) is 24.9. The molecule has 7 nitrogen and oxygen atoms in total. The van der Waals surface area contributed by atoms with Crippen LogP contribution in [-0.4, -0.2) is 60.7 Å². The van der Waals surface area contributed by atoms with E-state index in [0.29, 0.717) is 5.56 Å². The molecule has 1 aliphatic rings. The number of likely N-dealkylation sites (tertiary alicyclic amines) is 1. The lowest BCUT2D eigenvalue weighted by molar-refractivity contribution is 0.0584. The van der Waals surface area contributed by atoms with Crippen LogP contribution in [0.25, 0.3) is 11.1 Å². The summed E-state index contributed by atoms with van der Waals surface area (Å²) in [6.07, 6.45) is 9.44. The van der Waals surface area contributed by atoms with Gasteiger partial charge in [-0.15, -0.1) is 0 Å². The maximum atomic E-state index is 13.1. The number of amides is 1. The number of phenols is 1. The predicted molar refractivity (Wildman–Crippen MR) is 169 cm³/mol. The number of carbonyl (C=O) groups excluding carboxylic acids is 2. The van der Waals surface area contributed by atoms with E-state index in [1.807, 2.05) is 54.6 Å². The van der Waals surface area contributed by atoms with Crippen molar-refractivity contribution in [3.8, 4) is 16.9 Å². The third kappa shape index (κ3) is 10.8. The zero-order chi connectivity index (χ0) is 30.3. The van der Waals surface area contributed by atoms with Crippen LogP contribution in [0.1, 0.15) is 68.1 Å². The van der Waals surface area contributed by atoms with Gasteiger partial charge in [0.25, 0.3) is 0 Å². The van der Waals surface area contributed by atoms with Crippen LogP contribution in [0.3, 0.4) is 0 Å². The van der Waals surface area contributed by atoms with Gasteiger partial charge in [-0.05, 0) is 68.6 Å². The monoisotopic (exact) mass is 589 g/mol. The van der Waals surface area contributed by atoms with E-state index in [-0.39, 0.29) is 18.4 Å². The number of phenolic OH excluding ortho intramolecular Hbond substituents is 1. The molecule has 4 rings (SSSR count). The number of ether oxygens (including phenoxy) is 1. The summed E-state index contributed by atoms with van der Waals surface area (Å²) in [5, 5.41) is 15.5. The van der Waals surface area contributed by atoms with Crippen molar-refractivity contribution in [1.82, 2.24) is 10.2 Å². The first-order valence-corrected chi connectivity index (χ1v) is 15.6. The van der Waals surface area contributed by atoms with E-state index < -0.39 is 17.7 Å². The molecule has 1 amide bonds. The van der Waals surface area contributed by atoms with Crippen molar-refractivity contribution in [3.05, 3.63) is 84.2 Å². The largest absolute Gasteiger partial charge is 0.505 e. The number of anilines is 1. The number of rotatable bonds is 16. The molecule has 1 heterocycles. The second-order valence-corrected chi connectivity index (χ2v) is 11.2. The molecule has 0 unspecified atom stereocenters. The molecule has 0 bridgehead atoms. The molecule has 43 heavy (non-hydrogen) atoms. The highest BCUT2D eigenvalue weighted by Gasteiger charge is 2.22. The van der Waals surface area contributed by atoms with Gasteiger partial charge in [0.05, 0.1) is 12.2 Å². The lowest BCUT2D eigenvalue weighted by Crippen LogP contribution is -2.38. The summed E-state index contributed by atoms with van der Waals surface area (Å²) in [5.74, 6) is -1.37. The Morgan fingerprint density at radius 2 is 1.53 bits per heavy atom. The Hall–Kier alpha value is -3.75. The maximum absolute atomic E-state index is 13.1. The minimum atomic E-state index is -0.722. The van der Waals surface area contributed by atoms with E-state index in [4.69, 9.17) is 4.74 Å². The molecule has 230 valence electrons. The molecular formula is C35H44FN3O4. The SMILES string of the molecule is O=C(Nc1ccccc1-c1ccccc1)OC1CCN(CCCCCCCCCNCC(=O)c2ccc(F)c(O)c2)CC1. The summed E-state index contributed by atoms with van der Waals surface area (Å²) < 4.78 is 18.9. The summed E-state index contributed by atoms with van der Waals surface area (Å²) >= 11 is 0. The minimum absolute atomic E-state index is 0.0518. The smallest absolute Gasteiger partial charge is 0.411 e. The van der Waals surface area contributed by atoms with Gasteiger partial charge in [-0.2, -0.15) is 0 Å². The van der Waals surface area contributed by atoms with Crippen LogP contribution in [0.4, 0.5) is 14.9 Å². The number of hydrogen-bond acceptors (Lipinski definition) is 6. The van der Waals surface area contributed by atoms with Crippen molar-refractivity contribution in [2.45, 2.75) is 63.9 Å². The Labute approximate surface area is 254 Å². The molecule has 0 spiro atoms. The van der Waals surface area contributed by atoms with Crippen LogP contribution >= 0.6 is 0 Å². The Morgan fingerprint density at radius 1 is 0.860 bits per heavy atom. The van der Waals surface area contributed by atoms with Gasteiger partial charge in [-0.25, -0.2) is 9.18 Å². The second-order valence-electron chi connectivity index (χ2n) is 11.2. The van der Waals surface area contributed by atoms with Crippen molar-refractivity contribution < 1.29 is 23.8 Å². The third-order valence-corrected chi connectivity index (χ3v) is 7.94. The second kappa shape index (κ2) is 17.4. The first kappa shape index (κ1) is 32.2. The summed E-state index contributed by atoms with van der Waals surface area (Å²) in [6.45, 7) is 3.95. The Bertz CT molecular complexity index is 1300. The fraction of sp³-hybridized carbons (Fsp3) is 0.429. The van der Waals surface area contributed by atoms with Gasteiger partial charge in [-0.1, -0.05) is 80.6 Å². The number of ketones is 1. The molecule has 0 aromatic heterocycles. The van der Waals surface area contributed by atoms with Crippen LogP contribution in [0, 0.1) is 5.82 Å². The standard InChI is InChI=1S/C35H44FN3O4/c36-31-18-17-28(25-33(31)40)34(41)26-37-21-11-4-2-1-3-5-12-22-39-23-19-29(20-24-39)43-35(42)38-32-16-10-9-15-30(32)27-13-7-6-8-14-27/h6-10,13-18,25,29,37,40H,1-5,11-12,19-24,26H2,(H,38,42). The maximum Gasteiger partial charge on any atom is 0.411 e. The van der Waals surface area contributed by atoms with Gasteiger partial charge < -0.3 is 20.1 Å². The fourth-order valence-corrected chi connectivity index (χ4v) is 5.46. The van der Waals surface area contributed by atoms with Crippen LogP contribution in [0.2, 0.25) is 0 Å². The first-order chi connectivity index (χ1) is 21.0. The molecule has 0 saturated carbocycles. The van der Waals surface area contributed by atoms with Crippen molar-refractivity contribution in [2.75, 3.05) is 38.0 Å². The molecular weight excluding hydrogens is 545 g/mol. The minimum Gasteiger partial charge on any atom is -0.505 e. The predicted octanol–water partition coefficient (Wildman–Crippen LogP) is 7.41. The van der Waals surface area contributed by atoms with Crippen LogP contribution in [0.5, 0.6) is 5.75 Å². The van der Waals surface area contributed by atoms with Gasteiger partial charge in [0.2, 0.25) is 0 Å². The molecule has 3 aromatic rings. The normalized spacial score (nSPS) is 14.0. The van der Waals surface area contributed by atoms with Gasteiger partial charge >= 0.3 is 6.09 Å². The third-order valence-electron chi connectivity index (χ3n) is 7.94. The van der Waals surface area contributed by atoms with E-state index in [1.54, 1.807) is 0 Å². The van der Waals surface area contributed by atoms with E-state index in [1.165, 1.54) is 44.2 Å². The topological polar surface area (TPSA) is 90.9 Å². The number of halogens is 1. The molecule has 3 aromatic carbocycles. The molecule has 0 radical (unpaired) electrons. The number of benzene rings is 3. The highest BCUT2D eigenvalue weighted by Crippen LogP contribution is 2.28. The number of carbonyl (C=O) groups is 2. The summed E-state index contributed by atoms with van der Waals surface area (Å²) in [4.78, 5) is 27.2. The quantitative estimate of drug-likeness (QED) is 0.119. The van der Waals surface area contributed by atoms with Gasteiger partial charge in [0, 0.05) is 24.2 Å². The first-order valence-electron chi connectivity index (χ1n) is 15.6. The molecule has 8 heteroatoms. The molecule has 3 N–H and O–H groups in total. The summed E-state index contributed by atoms with van der Waals surface area (Å²) in [7, 11) is 0. The Balaban J connectivity index is 0.988.